The number of hydrogen-bond donors (Lipinski definition) is 1. The standard InChI is InChI=1S/C13H19NO3/c1-10(2)15-7-6-14-8-11-4-3-5-12-13(11)17-9-16-12/h3-5,10,14H,6-9H2,1-2H3. The Morgan fingerprint density at radius 1 is 1.35 bits per heavy atom. The highest BCUT2D eigenvalue weighted by atomic mass is 16.7. The summed E-state index contributed by atoms with van der Waals surface area (Å²) in [7, 11) is 0. The molecule has 0 saturated heterocycles. The van der Waals surface area contributed by atoms with Crippen molar-refractivity contribution in [3.8, 4) is 11.5 Å². The summed E-state index contributed by atoms with van der Waals surface area (Å²) in [5.41, 5.74) is 1.13. The first-order chi connectivity index (χ1) is 8.27. The van der Waals surface area contributed by atoms with Crippen molar-refractivity contribution in [1.82, 2.24) is 5.32 Å². The van der Waals surface area contributed by atoms with Crippen LogP contribution in [0.15, 0.2) is 18.2 Å². The number of ether oxygens (including phenoxy) is 3. The minimum atomic E-state index is 0.287. The summed E-state index contributed by atoms with van der Waals surface area (Å²) >= 11 is 0. The van der Waals surface area contributed by atoms with Gasteiger partial charge in [-0.3, -0.25) is 0 Å². The molecule has 94 valence electrons. The van der Waals surface area contributed by atoms with Gasteiger partial charge in [-0.1, -0.05) is 12.1 Å². The second-order valence-electron chi connectivity index (χ2n) is 4.25. The highest BCUT2D eigenvalue weighted by molar-refractivity contribution is 5.48. The van der Waals surface area contributed by atoms with Crippen LogP contribution in [0, 0.1) is 0 Å². The van der Waals surface area contributed by atoms with Crippen molar-refractivity contribution in [2.75, 3.05) is 19.9 Å². The van der Waals surface area contributed by atoms with Gasteiger partial charge < -0.3 is 19.5 Å². The van der Waals surface area contributed by atoms with Crippen molar-refractivity contribution in [2.45, 2.75) is 26.5 Å². The maximum absolute atomic E-state index is 5.45. The maximum Gasteiger partial charge on any atom is 0.231 e. The fourth-order valence-electron chi connectivity index (χ4n) is 1.72. The molecule has 0 atom stereocenters. The third-order valence-corrected chi connectivity index (χ3v) is 2.52. The van der Waals surface area contributed by atoms with Gasteiger partial charge in [0.05, 0.1) is 12.7 Å². The van der Waals surface area contributed by atoms with E-state index in [4.69, 9.17) is 14.2 Å². The summed E-state index contributed by atoms with van der Waals surface area (Å²) in [5.74, 6) is 1.70. The lowest BCUT2D eigenvalue weighted by Crippen LogP contribution is -2.21. The molecule has 0 amide bonds. The van der Waals surface area contributed by atoms with Crippen molar-refractivity contribution < 1.29 is 14.2 Å². The Kier molecular flexibility index (Phi) is 4.23. The lowest BCUT2D eigenvalue weighted by Gasteiger charge is -2.09. The summed E-state index contributed by atoms with van der Waals surface area (Å²) in [5, 5.41) is 3.33. The van der Waals surface area contributed by atoms with Crippen LogP contribution >= 0.6 is 0 Å². The SMILES string of the molecule is CC(C)OCCNCc1cccc2c1OCO2. The van der Waals surface area contributed by atoms with Crippen molar-refractivity contribution in [3.05, 3.63) is 23.8 Å². The molecule has 1 aliphatic rings. The molecule has 2 rings (SSSR count). The second kappa shape index (κ2) is 5.89. The van der Waals surface area contributed by atoms with E-state index in [1.54, 1.807) is 0 Å². The lowest BCUT2D eigenvalue weighted by atomic mass is 10.2. The summed E-state index contributed by atoms with van der Waals surface area (Å²) in [6, 6.07) is 5.95. The average molecular weight is 237 g/mol. The monoisotopic (exact) mass is 237 g/mol. The zero-order valence-corrected chi connectivity index (χ0v) is 10.4. The van der Waals surface area contributed by atoms with E-state index in [-0.39, 0.29) is 6.10 Å². The second-order valence-corrected chi connectivity index (χ2v) is 4.25. The molecule has 0 spiro atoms. The number of rotatable bonds is 6. The molecule has 0 unspecified atom stereocenters. The lowest BCUT2D eigenvalue weighted by molar-refractivity contribution is 0.0806. The molecule has 0 aromatic heterocycles. The van der Waals surface area contributed by atoms with Gasteiger partial charge in [-0.25, -0.2) is 0 Å². The zero-order valence-electron chi connectivity index (χ0n) is 10.4. The molecule has 17 heavy (non-hydrogen) atoms. The third-order valence-electron chi connectivity index (χ3n) is 2.52. The minimum absolute atomic E-state index is 0.287. The Bertz CT molecular complexity index is 366. The predicted molar refractivity (Wildman–Crippen MR) is 65.4 cm³/mol. The van der Waals surface area contributed by atoms with Gasteiger partial charge in [0, 0.05) is 18.7 Å². The van der Waals surface area contributed by atoms with Crippen LogP contribution in [0.5, 0.6) is 11.5 Å². The van der Waals surface area contributed by atoms with Crippen molar-refractivity contribution in [2.24, 2.45) is 0 Å². The molecule has 0 saturated carbocycles. The van der Waals surface area contributed by atoms with E-state index in [9.17, 15) is 0 Å². The predicted octanol–water partition coefficient (Wildman–Crippen LogP) is 1.93. The molecule has 4 nitrogen and oxygen atoms in total. The van der Waals surface area contributed by atoms with Crippen LogP contribution in [0.1, 0.15) is 19.4 Å². The average Bonchev–Trinajstić information content (AvgIpc) is 2.77. The van der Waals surface area contributed by atoms with E-state index >= 15 is 0 Å². The largest absolute Gasteiger partial charge is 0.454 e. The van der Waals surface area contributed by atoms with Crippen LogP contribution in [-0.4, -0.2) is 26.0 Å². The summed E-state index contributed by atoms with van der Waals surface area (Å²) in [6.07, 6.45) is 0.287. The molecule has 0 aliphatic carbocycles. The van der Waals surface area contributed by atoms with E-state index in [1.165, 1.54) is 0 Å². The first kappa shape index (κ1) is 12.2. The topological polar surface area (TPSA) is 39.7 Å². The first-order valence-electron chi connectivity index (χ1n) is 5.97. The maximum atomic E-state index is 5.45. The third kappa shape index (κ3) is 3.35. The summed E-state index contributed by atoms with van der Waals surface area (Å²) < 4.78 is 16.2. The van der Waals surface area contributed by atoms with Crippen LogP contribution in [0.4, 0.5) is 0 Å². The number of para-hydroxylation sites is 1. The molecule has 0 radical (unpaired) electrons. The van der Waals surface area contributed by atoms with Gasteiger partial charge in [-0.2, -0.15) is 0 Å². The minimum Gasteiger partial charge on any atom is -0.454 e. The molecule has 1 aromatic rings. The highest BCUT2D eigenvalue weighted by Crippen LogP contribution is 2.35. The Balaban J connectivity index is 1.78. The summed E-state index contributed by atoms with van der Waals surface area (Å²) in [6.45, 7) is 6.73. The molecule has 1 aromatic carbocycles. The molecule has 1 aliphatic heterocycles. The fourth-order valence-corrected chi connectivity index (χ4v) is 1.72. The molecular formula is C13H19NO3. The van der Waals surface area contributed by atoms with E-state index in [0.717, 1.165) is 36.8 Å². The number of nitrogens with one attached hydrogen (secondary N) is 1. The van der Waals surface area contributed by atoms with Crippen LogP contribution in [0.3, 0.4) is 0 Å². The van der Waals surface area contributed by atoms with Crippen LogP contribution < -0.4 is 14.8 Å². The van der Waals surface area contributed by atoms with Crippen LogP contribution in [0.25, 0.3) is 0 Å². The van der Waals surface area contributed by atoms with Gasteiger partial charge in [-0.15, -0.1) is 0 Å². The van der Waals surface area contributed by atoms with E-state index < -0.39 is 0 Å². The van der Waals surface area contributed by atoms with Crippen molar-refractivity contribution >= 4 is 0 Å². The first-order valence-corrected chi connectivity index (χ1v) is 5.97. The molecule has 4 heteroatoms. The molecule has 1 N–H and O–H groups in total. The van der Waals surface area contributed by atoms with Crippen LogP contribution in [-0.2, 0) is 11.3 Å². The number of hydrogen-bond acceptors (Lipinski definition) is 4. The fraction of sp³-hybridized carbons (Fsp3) is 0.538. The molecular weight excluding hydrogens is 218 g/mol. The van der Waals surface area contributed by atoms with Gasteiger partial charge in [0.15, 0.2) is 11.5 Å². The van der Waals surface area contributed by atoms with Gasteiger partial charge in [-0.05, 0) is 19.9 Å². The van der Waals surface area contributed by atoms with Gasteiger partial charge in [0.25, 0.3) is 0 Å². The Hall–Kier alpha value is -1.26. The number of benzene rings is 1. The van der Waals surface area contributed by atoms with Gasteiger partial charge >= 0.3 is 0 Å². The molecule has 0 bridgehead atoms. The Labute approximate surface area is 102 Å². The molecule has 0 fully saturated rings. The quantitative estimate of drug-likeness (QED) is 0.767. The smallest absolute Gasteiger partial charge is 0.231 e. The normalized spacial score (nSPS) is 13.4. The van der Waals surface area contributed by atoms with Crippen molar-refractivity contribution in [1.29, 1.82) is 0 Å². The number of fused-ring (bicyclic) bond motifs is 1. The zero-order chi connectivity index (χ0) is 12.1. The molecule has 1 heterocycles. The van der Waals surface area contributed by atoms with E-state index in [2.05, 4.69) is 5.32 Å². The Morgan fingerprint density at radius 2 is 2.24 bits per heavy atom. The van der Waals surface area contributed by atoms with E-state index in [0.29, 0.717) is 6.79 Å². The van der Waals surface area contributed by atoms with Gasteiger partial charge in [0.2, 0.25) is 6.79 Å². The Morgan fingerprint density at radius 3 is 3.06 bits per heavy atom. The van der Waals surface area contributed by atoms with Gasteiger partial charge in [0.1, 0.15) is 0 Å². The highest BCUT2D eigenvalue weighted by Gasteiger charge is 2.16. The van der Waals surface area contributed by atoms with Crippen molar-refractivity contribution in [3.63, 3.8) is 0 Å². The van der Waals surface area contributed by atoms with E-state index in [1.807, 2.05) is 32.0 Å². The summed E-state index contributed by atoms with van der Waals surface area (Å²) in [4.78, 5) is 0. The van der Waals surface area contributed by atoms with Crippen LogP contribution in [0.2, 0.25) is 0 Å².